The molecule has 1 aliphatic heterocycles. The van der Waals surface area contributed by atoms with Crippen LogP contribution in [0.2, 0.25) is 0 Å². The van der Waals surface area contributed by atoms with E-state index in [0.717, 1.165) is 21.2 Å². The molecule has 0 saturated heterocycles. The lowest BCUT2D eigenvalue weighted by Crippen LogP contribution is -2.63. The molecule has 7 heteroatoms. The van der Waals surface area contributed by atoms with Crippen molar-refractivity contribution in [1.29, 1.82) is 0 Å². The molecule has 1 aromatic heterocycles. The summed E-state index contributed by atoms with van der Waals surface area (Å²) in [4.78, 5) is 29.1. The molecule has 6 nitrogen and oxygen atoms in total. The van der Waals surface area contributed by atoms with Gasteiger partial charge >= 0.3 is 0 Å². The Bertz CT molecular complexity index is 1370. The van der Waals surface area contributed by atoms with Crippen molar-refractivity contribution in [2.45, 2.75) is 32.1 Å². The van der Waals surface area contributed by atoms with E-state index >= 15 is 0 Å². The summed E-state index contributed by atoms with van der Waals surface area (Å²) in [5.74, 6) is -0.435. The summed E-state index contributed by atoms with van der Waals surface area (Å²) in [6.45, 7) is 2.76. The number of fused-ring (bicyclic) bond motifs is 1. The third-order valence-electron chi connectivity index (χ3n) is 6.38. The highest BCUT2D eigenvalue weighted by atomic mass is 79.9. The Morgan fingerprint density at radius 3 is 2.37 bits per heavy atom. The topological polar surface area (TPSA) is 67.2 Å². The van der Waals surface area contributed by atoms with Gasteiger partial charge in [-0.05, 0) is 36.2 Å². The normalized spacial score (nSPS) is 17.2. The first kappa shape index (κ1) is 23.1. The van der Waals surface area contributed by atoms with E-state index in [1.807, 2.05) is 97.9 Å². The van der Waals surface area contributed by atoms with Crippen LogP contribution in [-0.4, -0.2) is 32.0 Å². The number of carbonyl (C=O) groups is 2. The van der Waals surface area contributed by atoms with Gasteiger partial charge in [0.1, 0.15) is 11.2 Å². The van der Waals surface area contributed by atoms with Crippen molar-refractivity contribution in [2.24, 2.45) is 0 Å². The maximum Gasteiger partial charge on any atom is 0.273 e. The summed E-state index contributed by atoms with van der Waals surface area (Å²) in [5, 5.41) is 7.75. The van der Waals surface area contributed by atoms with Crippen LogP contribution in [0.4, 0.5) is 0 Å². The van der Waals surface area contributed by atoms with Gasteiger partial charge < -0.3 is 10.2 Å². The molecule has 0 radical (unpaired) electrons. The Labute approximate surface area is 212 Å². The first-order valence-corrected chi connectivity index (χ1v) is 12.3. The minimum absolute atomic E-state index is 0.216. The second-order valence-corrected chi connectivity index (χ2v) is 9.82. The standard InChI is InChI=1S/C28H25BrN4O2/c1-28(27(35)30-17-20-9-4-2-5-10-20)19-33-25(16-24(31-33)22-12-6-3-7-13-22)26(34)32(28)18-21-11-8-14-23(29)15-21/h2-16H,17-19H2,1H3,(H,30,35)/t28-/m0/s1. The number of halogens is 1. The molecule has 2 heterocycles. The summed E-state index contributed by atoms with van der Waals surface area (Å²) in [7, 11) is 0. The quantitative estimate of drug-likeness (QED) is 0.381. The average molecular weight is 529 g/mol. The van der Waals surface area contributed by atoms with E-state index in [-0.39, 0.29) is 18.4 Å². The molecule has 1 atom stereocenters. The number of hydrogen-bond donors (Lipinski definition) is 1. The molecular weight excluding hydrogens is 504 g/mol. The van der Waals surface area contributed by atoms with Crippen molar-refractivity contribution in [2.75, 3.05) is 0 Å². The summed E-state index contributed by atoms with van der Waals surface area (Å²) < 4.78 is 2.59. The number of aromatic nitrogens is 2. The molecular formula is C28H25BrN4O2. The fraction of sp³-hybridized carbons (Fsp3) is 0.179. The third kappa shape index (κ3) is 4.64. The number of rotatable bonds is 6. The van der Waals surface area contributed by atoms with Crippen LogP contribution in [0.5, 0.6) is 0 Å². The number of carbonyl (C=O) groups excluding carboxylic acids is 2. The minimum Gasteiger partial charge on any atom is -0.350 e. The highest BCUT2D eigenvalue weighted by Crippen LogP contribution is 2.32. The zero-order chi connectivity index (χ0) is 24.4. The molecule has 0 unspecified atom stereocenters. The van der Waals surface area contributed by atoms with Gasteiger partial charge in [-0.15, -0.1) is 0 Å². The molecule has 0 saturated carbocycles. The van der Waals surface area contributed by atoms with Crippen LogP contribution < -0.4 is 5.32 Å². The number of benzene rings is 3. The predicted octanol–water partition coefficient (Wildman–Crippen LogP) is 5.04. The van der Waals surface area contributed by atoms with Crippen molar-refractivity contribution in [3.05, 3.63) is 112 Å². The molecule has 2 amide bonds. The molecule has 0 spiro atoms. The average Bonchev–Trinajstić information content (AvgIpc) is 3.30. The molecule has 0 bridgehead atoms. The number of amides is 2. The lowest BCUT2D eigenvalue weighted by molar-refractivity contribution is -0.133. The Morgan fingerprint density at radius 2 is 1.66 bits per heavy atom. The van der Waals surface area contributed by atoms with Crippen LogP contribution in [-0.2, 0) is 24.4 Å². The molecule has 0 fully saturated rings. The molecule has 5 rings (SSSR count). The van der Waals surface area contributed by atoms with E-state index in [9.17, 15) is 9.59 Å². The van der Waals surface area contributed by atoms with E-state index < -0.39 is 5.54 Å². The van der Waals surface area contributed by atoms with Gasteiger partial charge in [0.25, 0.3) is 5.91 Å². The van der Waals surface area contributed by atoms with Crippen molar-refractivity contribution in [3.8, 4) is 11.3 Å². The van der Waals surface area contributed by atoms with Crippen LogP contribution in [0, 0.1) is 0 Å². The third-order valence-corrected chi connectivity index (χ3v) is 6.88. The Balaban J connectivity index is 1.50. The first-order valence-electron chi connectivity index (χ1n) is 11.5. The van der Waals surface area contributed by atoms with Gasteiger partial charge in [-0.3, -0.25) is 14.3 Å². The zero-order valence-electron chi connectivity index (χ0n) is 19.3. The molecule has 1 aliphatic rings. The van der Waals surface area contributed by atoms with E-state index in [4.69, 9.17) is 5.10 Å². The molecule has 1 N–H and O–H groups in total. The van der Waals surface area contributed by atoms with Gasteiger partial charge in [-0.25, -0.2) is 0 Å². The fourth-order valence-electron chi connectivity index (χ4n) is 4.43. The van der Waals surface area contributed by atoms with Crippen LogP contribution in [0.1, 0.15) is 28.5 Å². The summed E-state index contributed by atoms with van der Waals surface area (Å²) in [5.41, 5.74) is 2.93. The van der Waals surface area contributed by atoms with Gasteiger partial charge in [0.15, 0.2) is 0 Å². The van der Waals surface area contributed by atoms with Gasteiger partial charge in [0.05, 0.1) is 12.2 Å². The van der Waals surface area contributed by atoms with Crippen LogP contribution >= 0.6 is 15.9 Å². The SMILES string of the molecule is C[C@@]1(C(=O)NCc2ccccc2)Cn2nc(-c3ccccc3)cc2C(=O)N1Cc1cccc(Br)c1. The first-order chi connectivity index (χ1) is 16.9. The summed E-state index contributed by atoms with van der Waals surface area (Å²) in [6.07, 6.45) is 0. The van der Waals surface area contributed by atoms with Crippen LogP contribution in [0.15, 0.2) is 95.5 Å². The van der Waals surface area contributed by atoms with E-state index in [1.165, 1.54) is 0 Å². The lowest BCUT2D eigenvalue weighted by Gasteiger charge is -2.43. The van der Waals surface area contributed by atoms with Crippen LogP contribution in [0.3, 0.4) is 0 Å². The van der Waals surface area contributed by atoms with Crippen LogP contribution in [0.25, 0.3) is 11.3 Å². The minimum atomic E-state index is -1.12. The van der Waals surface area contributed by atoms with Gasteiger partial charge in [0.2, 0.25) is 5.91 Å². The number of nitrogens with zero attached hydrogens (tertiary/aromatic N) is 3. The van der Waals surface area contributed by atoms with Gasteiger partial charge in [-0.2, -0.15) is 5.10 Å². The highest BCUT2D eigenvalue weighted by Gasteiger charge is 2.48. The molecule has 176 valence electrons. The fourth-order valence-corrected chi connectivity index (χ4v) is 4.87. The summed E-state index contributed by atoms with van der Waals surface area (Å²) >= 11 is 3.51. The Hall–Kier alpha value is -3.71. The molecule has 35 heavy (non-hydrogen) atoms. The van der Waals surface area contributed by atoms with Crippen molar-refractivity contribution in [3.63, 3.8) is 0 Å². The maximum atomic E-state index is 13.8. The molecule has 3 aromatic carbocycles. The smallest absolute Gasteiger partial charge is 0.273 e. The second-order valence-electron chi connectivity index (χ2n) is 8.90. The number of hydrogen-bond acceptors (Lipinski definition) is 3. The number of nitrogens with one attached hydrogen (secondary N) is 1. The van der Waals surface area contributed by atoms with Gasteiger partial charge in [-0.1, -0.05) is 88.7 Å². The van der Waals surface area contributed by atoms with E-state index in [1.54, 1.807) is 9.58 Å². The maximum absolute atomic E-state index is 13.8. The van der Waals surface area contributed by atoms with Crippen molar-refractivity contribution in [1.82, 2.24) is 20.0 Å². The summed E-state index contributed by atoms with van der Waals surface area (Å²) in [6, 6.07) is 29.1. The van der Waals surface area contributed by atoms with E-state index in [2.05, 4.69) is 21.2 Å². The highest BCUT2D eigenvalue weighted by molar-refractivity contribution is 9.10. The van der Waals surface area contributed by atoms with Crippen molar-refractivity contribution >= 4 is 27.7 Å². The largest absolute Gasteiger partial charge is 0.350 e. The molecule has 4 aromatic rings. The zero-order valence-corrected chi connectivity index (χ0v) is 20.9. The van der Waals surface area contributed by atoms with E-state index in [0.29, 0.717) is 24.5 Å². The molecule has 0 aliphatic carbocycles. The predicted molar refractivity (Wildman–Crippen MR) is 138 cm³/mol. The lowest BCUT2D eigenvalue weighted by atomic mass is 9.94. The van der Waals surface area contributed by atoms with Crippen molar-refractivity contribution < 1.29 is 9.59 Å². The Kier molecular flexibility index (Phi) is 6.26. The van der Waals surface area contributed by atoms with Gasteiger partial charge in [0, 0.05) is 23.1 Å². The second kappa shape index (κ2) is 9.50. The Morgan fingerprint density at radius 1 is 0.971 bits per heavy atom. The monoisotopic (exact) mass is 528 g/mol.